The van der Waals surface area contributed by atoms with Crippen molar-refractivity contribution in [2.45, 2.75) is 44.8 Å². The number of unbranched alkanes of at least 4 members (excludes halogenated alkanes) is 4. The molecule has 1 fully saturated rings. The van der Waals surface area contributed by atoms with Gasteiger partial charge < -0.3 is 9.47 Å². The number of nitrogens with zero attached hydrogens (tertiary/aromatic N) is 1. The third-order valence-electron chi connectivity index (χ3n) is 2.17. The maximum Gasteiger partial charge on any atom is 0.157 e. The molecule has 0 aliphatic carbocycles. The molecule has 0 amide bonds. The average Bonchev–Trinajstić information content (AvgIpc) is 2.63. The summed E-state index contributed by atoms with van der Waals surface area (Å²) in [4.78, 5) is 0. The molecule has 1 aliphatic rings. The SMILES string of the molecule is N#CCCCCCCC1OCCO1. The number of hydrogen-bond donors (Lipinski definition) is 0. The Hall–Kier alpha value is -0.590. The molecule has 1 saturated heterocycles. The van der Waals surface area contributed by atoms with Gasteiger partial charge in [-0.3, -0.25) is 0 Å². The van der Waals surface area contributed by atoms with Gasteiger partial charge in [0, 0.05) is 6.42 Å². The van der Waals surface area contributed by atoms with Crippen molar-refractivity contribution in [2.24, 2.45) is 0 Å². The normalized spacial score (nSPS) is 17.5. The molecule has 74 valence electrons. The van der Waals surface area contributed by atoms with Crippen molar-refractivity contribution in [3.8, 4) is 6.07 Å². The smallest absolute Gasteiger partial charge is 0.157 e. The Balaban J connectivity index is 1.81. The van der Waals surface area contributed by atoms with Gasteiger partial charge in [0.05, 0.1) is 19.3 Å². The molecule has 0 unspecified atom stereocenters. The van der Waals surface area contributed by atoms with Gasteiger partial charge in [0.15, 0.2) is 6.29 Å². The van der Waals surface area contributed by atoms with Crippen molar-refractivity contribution in [3.63, 3.8) is 0 Å². The standard InChI is InChI=1S/C10H17NO2/c11-7-5-3-1-2-4-6-10-12-8-9-13-10/h10H,1-6,8-9H2. The number of nitriles is 1. The number of hydrogen-bond acceptors (Lipinski definition) is 3. The first kappa shape index (κ1) is 10.5. The molecule has 0 aromatic rings. The highest BCUT2D eigenvalue weighted by molar-refractivity contribution is 4.67. The van der Waals surface area contributed by atoms with Gasteiger partial charge in [-0.25, -0.2) is 0 Å². The maximum absolute atomic E-state index is 8.31. The summed E-state index contributed by atoms with van der Waals surface area (Å²) in [6.45, 7) is 1.50. The van der Waals surface area contributed by atoms with Crippen LogP contribution in [0.2, 0.25) is 0 Å². The van der Waals surface area contributed by atoms with E-state index in [9.17, 15) is 0 Å². The van der Waals surface area contributed by atoms with Crippen LogP contribution < -0.4 is 0 Å². The van der Waals surface area contributed by atoms with Crippen LogP contribution in [0, 0.1) is 11.3 Å². The molecule has 1 rings (SSSR count). The molecule has 1 aliphatic heterocycles. The first-order valence-electron chi connectivity index (χ1n) is 5.03. The van der Waals surface area contributed by atoms with E-state index in [0.717, 1.165) is 38.9 Å². The molecule has 13 heavy (non-hydrogen) atoms. The van der Waals surface area contributed by atoms with Crippen LogP contribution in [0.5, 0.6) is 0 Å². The maximum atomic E-state index is 8.31. The van der Waals surface area contributed by atoms with Crippen LogP contribution in [0.1, 0.15) is 38.5 Å². The van der Waals surface area contributed by atoms with Crippen LogP contribution in [-0.2, 0) is 9.47 Å². The number of rotatable bonds is 6. The van der Waals surface area contributed by atoms with Gasteiger partial charge in [-0.15, -0.1) is 0 Å². The van der Waals surface area contributed by atoms with E-state index < -0.39 is 0 Å². The second-order valence-corrected chi connectivity index (χ2v) is 3.28. The average molecular weight is 183 g/mol. The monoisotopic (exact) mass is 183 g/mol. The summed E-state index contributed by atoms with van der Waals surface area (Å²) in [5, 5.41) is 8.31. The van der Waals surface area contributed by atoms with Crippen molar-refractivity contribution >= 4 is 0 Å². The van der Waals surface area contributed by atoms with Gasteiger partial charge in [0.1, 0.15) is 0 Å². The van der Waals surface area contributed by atoms with Gasteiger partial charge in [-0.05, 0) is 19.3 Å². The first-order chi connectivity index (χ1) is 6.43. The van der Waals surface area contributed by atoms with Gasteiger partial charge in [-0.2, -0.15) is 5.26 Å². The topological polar surface area (TPSA) is 42.2 Å². The summed E-state index contributed by atoms with van der Waals surface area (Å²) >= 11 is 0. The fraction of sp³-hybridized carbons (Fsp3) is 0.900. The molecule has 0 aromatic heterocycles. The zero-order valence-corrected chi connectivity index (χ0v) is 8.00. The quantitative estimate of drug-likeness (QED) is 0.593. The van der Waals surface area contributed by atoms with Crippen molar-refractivity contribution in [1.29, 1.82) is 5.26 Å². The lowest BCUT2D eigenvalue weighted by molar-refractivity contribution is -0.0480. The summed E-state index contributed by atoms with van der Waals surface area (Å²) in [5.41, 5.74) is 0. The Morgan fingerprint density at radius 3 is 2.46 bits per heavy atom. The van der Waals surface area contributed by atoms with E-state index in [1.807, 2.05) is 0 Å². The van der Waals surface area contributed by atoms with E-state index >= 15 is 0 Å². The highest BCUT2D eigenvalue weighted by Gasteiger charge is 2.14. The van der Waals surface area contributed by atoms with Gasteiger partial charge in [0.25, 0.3) is 0 Å². The highest BCUT2D eigenvalue weighted by atomic mass is 16.7. The first-order valence-corrected chi connectivity index (χ1v) is 5.03. The van der Waals surface area contributed by atoms with Crippen molar-refractivity contribution in [2.75, 3.05) is 13.2 Å². The van der Waals surface area contributed by atoms with E-state index in [1.165, 1.54) is 6.42 Å². The zero-order valence-electron chi connectivity index (χ0n) is 8.00. The minimum atomic E-state index is 0.0518. The van der Waals surface area contributed by atoms with Crippen LogP contribution >= 0.6 is 0 Å². The van der Waals surface area contributed by atoms with Crippen LogP contribution in [0.4, 0.5) is 0 Å². The second-order valence-electron chi connectivity index (χ2n) is 3.28. The van der Waals surface area contributed by atoms with Crippen LogP contribution in [0.15, 0.2) is 0 Å². The van der Waals surface area contributed by atoms with Gasteiger partial charge >= 0.3 is 0 Å². The van der Waals surface area contributed by atoms with E-state index in [2.05, 4.69) is 6.07 Å². The van der Waals surface area contributed by atoms with Crippen LogP contribution in [-0.4, -0.2) is 19.5 Å². The Kier molecular flexibility index (Phi) is 5.55. The van der Waals surface area contributed by atoms with Gasteiger partial charge in [-0.1, -0.05) is 12.8 Å². The molecule has 0 atom stereocenters. The molecule has 0 N–H and O–H groups in total. The fourth-order valence-corrected chi connectivity index (χ4v) is 1.44. The van der Waals surface area contributed by atoms with Crippen molar-refractivity contribution in [1.82, 2.24) is 0 Å². The molecule has 0 spiro atoms. The summed E-state index contributed by atoms with van der Waals surface area (Å²) in [7, 11) is 0. The molecule has 1 heterocycles. The summed E-state index contributed by atoms with van der Waals surface area (Å²) < 4.78 is 10.6. The third-order valence-corrected chi connectivity index (χ3v) is 2.17. The molecular weight excluding hydrogens is 166 g/mol. The minimum absolute atomic E-state index is 0.0518. The van der Waals surface area contributed by atoms with E-state index in [-0.39, 0.29) is 6.29 Å². The van der Waals surface area contributed by atoms with Crippen molar-refractivity contribution < 1.29 is 9.47 Å². The van der Waals surface area contributed by atoms with Gasteiger partial charge in [0.2, 0.25) is 0 Å². The molecule has 3 nitrogen and oxygen atoms in total. The number of ether oxygens (including phenoxy) is 2. The lowest BCUT2D eigenvalue weighted by Gasteiger charge is -2.07. The molecule has 0 bridgehead atoms. The summed E-state index contributed by atoms with van der Waals surface area (Å²) in [6.07, 6.45) is 6.27. The third kappa shape index (κ3) is 4.87. The minimum Gasteiger partial charge on any atom is -0.350 e. The molecule has 0 aromatic carbocycles. The highest BCUT2D eigenvalue weighted by Crippen LogP contribution is 2.13. The van der Waals surface area contributed by atoms with E-state index in [1.54, 1.807) is 0 Å². The summed E-state index contributed by atoms with van der Waals surface area (Å²) in [6, 6.07) is 2.15. The van der Waals surface area contributed by atoms with E-state index in [0.29, 0.717) is 6.42 Å². The molecule has 0 radical (unpaired) electrons. The Morgan fingerprint density at radius 2 is 1.77 bits per heavy atom. The second kappa shape index (κ2) is 6.88. The lowest BCUT2D eigenvalue weighted by Crippen LogP contribution is -2.06. The Bertz CT molecular complexity index is 159. The fourth-order valence-electron chi connectivity index (χ4n) is 1.44. The van der Waals surface area contributed by atoms with Crippen LogP contribution in [0.25, 0.3) is 0 Å². The Morgan fingerprint density at radius 1 is 1.08 bits per heavy atom. The Labute approximate surface area is 79.6 Å². The van der Waals surface area contributed by atoms with Crippen LogP contribution in [0.3, 0.4) is 0 Å². The lowest BCUT2D eigenvalue weighted by atomic mass is 10.1. The predicted molar refractivity (Wildman–Crippen MR) is 49.0 cm³/mol. The largest absolute Gasteiger partial charge is 0.350 e. The molecule has 3 heteroatoms. The predicted octanol–water partition coefficient (Wildman–Crippen LogP) is 2.22. The van der Waals surface area contributed by atoms with Crippen molar-refractivity contribution in [3.05, 3.63) is 0 Å². The molecular formula is C10H17NO2. The molecule has 0 saturated carbocycles. The summed E-state index contributed by atoms with van der Waals surface area (Å²) in [5.74, 6) is 0. The van der Waals surface area contributed by atoms with E-state index in [4.69, 9.17) is 14.7 Å². The zero-order chi connectivity index (χ0) is 9.36.